The monoisotopic (exact) mass is 484 g/mol. The van der Waals surface area contributed by atoms with E-state index in [9.17, 15) is 0 Å². The molecule has 0 saturated heterocycles. The summed E-state index contributed by atoms with van der Waals surface area (Å²) >= 11 is 0. The summed E-state index contributed by atoms with van der Waals surface area (Å²) in [6.45, 7) is 4.19. The van der Waals surface area contributed by atoms with Crippen LogP contribution in [0.2, 0.25) is 0 Å². The number of tetrazole rings is 2. The van der Waals surface area contributed by atoms with Crippen LogP contribution in [0.3, 0.4) is 0 Å². The predicted octanol–water partition coefficient (Wildman–Crippen LogP) is 3.82. The minimum Gasteiger partial charge on any atom is -0.242 e. The lowest BCUT2D eigenvalue weighted by Gasteiger charge is -2.33. The van der Waals surface area contributed by atoms with Gasteiger partial charge in [-0.05, 0) is 58.7 Å². The molecule has 0 radical (unpaired) electrons. The highest BCUT2D eigenvalue weighted by atomic mass is 15.5. The molecule has 6 aromatic rings. The molecule has 0 saturated carbocycles. The lowest BCUT2D eigenvalue weighted by Crippen LogP contribution is -2.28. The zero-order valence-electron chi connectivity index (χ0n) is 20.0. The minimum atomic E-state index is -0.627. The zero-order valence-corrected chi connectivity index (χ0v) is 20.0. The van der Waals surface area contributed by atoms with Gasteiger partial charge in [0.2, 0.25) is 11.6 Å². The highest BCUT2D eigenvalue weighted by Crippen LogP contribution is 2.55. The molecule has 0 unspecified atom stereocenters. The van der Waals surface area contributed by atoms with Gasteiger partial charge in [-0.3, -0.25) is 0 Å². The maximum atomic E-state index is 5.03. The van der Waals surface area contributed by atoms with Crippen molar-refractivity contribution in [1.29, 1.82) is 0 Å². The quantitative estimate of drug-likeness (QED) is 0.385. The molecule has 4 aromatic heterocycles. The van der Waals surface area contributed by atoms with Crippen LogP contribution in [0.1, 0.15) is 33.4 Å². The van der Waals surface area contributed by atoms with Crippen LogP contribution in [0.25, 0.3) is 34.4 Å². The normalized spacial score (nSPS) is 13.4. The van der Waals surface area contributed by atoms with Crippen LogP contribution >= 0.6 is 0 Å². The Bertz CT molecular complexity index is 1590. The number of H-pyrrole nitrogens is 2. The summed E-state index contributed by atoms with van der Waals surface area (Å²) in [5, 5.41) is 29.0. The van der Waals surface area contributed by atoms with Gasteiger partial charge < -0.3 is 0 Å². The van der Waals surface area contributed by atoms with Gasteiger partial charge in [-0.1, -0.05) is 71.8 Å². The first-order valence-electron chi connectivity index (χ1n) is 11.8. The summed E-state index contributed by atoms with van der Waals surface area (Å²) in [4.78, 5) is 10.1. The molecule has 0 spiro atoms. The molecule has 0 bridgehead atoms. The van der Waals surface area contributed by atoms with Crippen LogP contribution in [0, 0.1) is 13.8 Å². The van der Waals surface area contributed by atoms with E-state index in [-0.39, 0.29) is 0 Å². The molecular formula is C27H20N10. The number of hydrogen-bond acceptors (Lipinski definition) is 8. The van der Waals surface area contributed by atoms with Crippen LogP contribution in [-0.4, -0.2) is 51.2 Å². The predicted molar refractivity (Wildman–Crippen MR) is 135 cm³/mol. The van der Waals surface area contributed by atoms with Crippen LogP contribution in [0.5, 0.6) is 0 Å². The summed E-state index contributed by atoms with van der Waals surface area (Å²) in [5.74, 6) is 0.837. The van der Waals surface area contributed by atoms with E-state index in [1.54, 1.807) is 0 Å². The largest absolute Gasteiger partial charge is 0.242 e. The Morgan fingerprint density at radius 2 is 0.973 bits per heavy atom. The maximum absolute atomic E-state index is 5.03. The van der Waals surface area contributed by atoms with Crippen LogP contribution in [-0.2, 0) is 5.41 Å². The Labute approximate surface area is 211 Å². The molecule has 0 fully saturated rings. The van der Waals surface area contributed by atoms with Crippen molar-refractivity contribution in [3.05, 3.63) is 106 Å². The van der Waals surface area contributed by atoms with Crippen molar-refractivity contribution in [3.63, 3.8) is 0 Å². The molecule has 0 aliphatic heterocycles. The Kier molecular flexibility index (Phi) is 4.55. The van der Waals surface area contributed by atoms with Gasteiger partial charge in [0.05, 0.1) is 16.8 Å². The van der Waals surface area contributed by atoms with E-state index in [1.165, 1.54) is 11.1 Å². The number of aromatic amines is 2. The summed E-state index contributed by atoms with van der Waals surface area (Å²) in [7, 11) is 0. The van der Waals surface area contributed by atoms with E-state index in [2.05, 4.69) is 116 Å². The average molecular weight is 485 g/mol. The summed E-state index contributed by atoms with van der Waals surface area (Å²) in [5.41, 5.74) is 8.79. The molecule has 1 aliphatic rings. The minimum absolute atomic E-state index is 0.418. The van der Waals surface area contributed by atoms with E-state index >= 15 is 0 Å². The van der Waals surface area contributed by atoms with E-state index < -0.39 is 5.41 Å². The van der Waals surface area contributed by atoms with Crippen molar-refractivity contribution in [1.82, 2.24) is 51.2 Å². The number of benzene rings is 2. The molecule has 0 amide bonds. The van der Waals surface area contributed by atoms with Crippen molar-refractivity contribution in [2.45, 2.75) is 19.3 Å². The SMILES string of the molecule is Cc1ccc(C2(c3ccc(C)cc3)c3ccc(-c4nn[nH]n4)nc3-c3nc(-c4nn[nH]n4)ccc32)cc1. The van der Waals surface area contributed by atoms with Gasteiger partial charge in [-0.25, -0.2) is 9.97 Å². The maximum Gasteiger partial charge on any atom is 0.222 e. The highest BCUT2D eigenvalue weighted by molar-refractivity contribution is 5.84. The number of nitrogens with zero attached hydrogens (tertiary/aromatic N) is 8. The van der Waals surface area contributed by atoms with Gasteiger partial charge in [-0.15, -0.1) is 20.4 Å². The highest BCUT2D eigenvalue weighted by Gasteiger charge is 2.48. The van der Waals surface area contributed by atoms with Crippen LogP contribution < -0.4 is 0 Å². The fourth-order valence-corrected chi connectivity index (χ4v) is 5.22. The number of pyridine rings is 2. The Hall–Kier alpha value is -5.12. The Balaban J connectivity index is 1.59. The molecule has 37 heavy (non-hydrogen) atoms. The molecule has 7 rings (SSSR count). The molecule has 2 N–H and O–H groups in total. The molecule has 10 nitrogen and oxygen atoms in total. The number of fused-ring (bicyclic) bond motifs is 3. The van der Waals surface area contributed by atoms with Gasteiger partial charge >= 0.3 is 0 Å². The van der Waals surface area contributed by atoms with Crippen LogP contribution in [0.15, 0.2) is 72.8 Å². The first-order chi connectivity index (χ1) is 18.1. The fraction of sp³-hybridized carbons (Fsp3) is 0.111. The van der Waals surface area contributed by atoms with Crippen molar-refractivity contribution >= 4 is 0 Å². The third kappa shape index (κ3) is 3.12. The third-order valence-corrected chi connectivity index (χ3v) is 6.94. The topological polar surface area (TPSA) is 135 Å². The summed E-state index contributed by atoms with van der Waals surface area (Å²) in [6, 6.07) is 25.4. The fourth-order valence-electron chi connectivity index (χ4n) is 5.22. The second-order valence-electron chi connectivity index (χ2n) is 9.14. The van der Waals surface area contributed by atoms with Gasteiger partial charge in [0.1, 0.15) is 11.4 Å². The number of nitrogens with one attached hydrogen (secondary N) is 2. The van der Waals surface area contributed by atoms with Gasteiger partial charge in [0.15, 0.2) is 0 Å². The third-order valence-electron chi connectivity index (χ3n) is 6.94. The average Bonchev–Trinajstić information content (AvgIpc) is 3.70. The summed E-state index contributed by atoms with van der Waals surface area (Å²) in [6.07, 6.45) is 0. The molecule has 1 aliphatic carbocycles. The molecule has 2 aromatic carbocycles. The lowest BCUT2D eigenvalue weighted by molar-refractivity contribution is 0.764. The molecule has 178 valence electrons. The second kappa shape index (κ2) is 7.95. The zero-order chi connectivity index (χ0) is 25.0. The Morgan fingerprint density at radius 3 is 1.35 bits per heavy atom. The second-order valence-corrected chi connectivity index (χ2v) is 9.14. The smallest absolute Gasteiger partial charge is 0.222 e. The lowest BCUT2D eigenvalue weighted by atomic mass is 9.68. The molecular weight excluding hydrogens is 464 g/mol. The number of aromatic nitrogens is 10. The van der Waals surface area contributed by atoms with Gasteiger partial charge in [-0.2, -0.15) is 10.4 Å². The number of rotatable bonds is 4. The Morgan fingerprint density at radius 1 is 0.541 bits per heavy atom. The van der Waals surface area contributed by atoms with Crippen molar-refractivity contribution in [2.75, 3.05) is 0 Å². The molecule has 4 heterocycles. The van der Waals surface area contributed by atoms with Crippen molar-refractivity contribution in [2.24, 2.45) is 0 Å². The molecule has 10 heteroatoms. The first-order valence-corrected chi connectivity index (χ1v) is 11.8. The summed E-state index contributed by atoms with van der Waals surface area (Å²) < 4.78 is 0. The van der Waals surface area contributed by atoms with Crippen molar-refractivity contribution in [3.8, 4) is 34.4 Å². The van der Waals surface area contributed by atoms with Gasteiger partial charge in [0, 0.05) is 0 Å². The number of aryl methyl sites for hydroxylation is 2. The van der Waals surface area contributed by atoms with Gasteiger partial charge in [0.25, 0.3) is 0 Å². The van der Waals surface area contributed by atoms with E-state index in [0.717, 1.165) is 33.6 Å². The number of hydrogen-bond donors (Lipinski definition) is 2. The van der Waals surface area contributed by atoms with E-state index in [0.29, 0.717) is 23.0 Å². The first kappa shape index (κ1) is 21.2. The van der Waals surface area contributed by atoms with E-state index in [4.69, 9.17) is 9.97 Å². The standard InChI is InChI=1S/C27H20N10/c1-15-3-7-17(8-4-15)27(18-9-5-16(2)6-10-18)19-11-13-21(25-30-34-35-31-25)28-23(19)24-20(27)12-14-22(29-24)26-32-36-37-33-26/h3-14H,1-2H3,(H,30,31,34,35)(H,32,33,36,37). The van der Waals surface area contributed by atoms with Crippen LogP contribution in [0.4, 0.5) is 0 Å². The molecule has 0 atom stereocenters. The van der Waals surface area contributed by atoms with Crippen molar-refractivity contribution < 1.29 is 0 Å². The van der Waals surface area contributed by atoms with E-state index in [1.807, 2.05) is 12.1 Å².